The lowest BCUT2D eigenvalue weighted by atomic mass is 10.0. The van der Waals surface area contributed by atoms with Crippen molar-refractivity contribution < 1.29 is 8.78 Å². The molecule has 16 heavy (non-hydrogen) atoms. The minimum absolute atomic E-state index is 0.191. The Bertz CT molecular complexity index is 376. The third kappa shape index (κ3) is 1.53. The van der Waals surface area contributed by atoms with Gasteiger partial charge in [-0.3, -0.25) is 0 Å². The van der Waals surface area contributed by atoms with Gasteiger partial charge in [0.2, 0.25) is 0 Å². The van der Waals surface area contributed by atoms with E-state index in [-0.39, 0.29) is 11.6 Å². The molecule has 2 saturated heterocycles. The van der Waals surface area contributed by atoms with Crippen LogP contribution in [0.4, 0.5) is 8.78 Å². The Labute approximate surface area is 93.0 Å². The van der Waals surface area contributed by atoms with Gasteiger partial charge in [0.25, 0.3) is 0 Å². The number of rotatable bonds is 1. The van der Waals surface area contributed by atoms with Gasteiger partial charge in [0.1, 0.15) is 11.6 Å². The fourth-order valence-corrected chi connectivity index (χ4v) is 2.84. The van der Waals surface area contributed by atoms with Crippen molar-refractivity contribution in [1.29, 1.82) is 0 Å². The molecule has 3 unspecified atom stereocenters. The highest BCUT2D eigenvalue weighted by Crippen LogP contribution is 2.33. The third-order valence-electron chi connectivity index (χ3n) is 3.60. The van der Waals surface area contributed by atoms with Gasteiger partial charge in [-0.1, -0.05) is 6.07 Å². The summed E-state index contributed by atoms with van der Waals surface area (Å²) < 4.78 is 27.2. The Balaban J connectivity index is 1.88. The van der Waals surface area contributed by atoms with Crippen LogP contribution < -0.4 is 10.6 Å². The molecule has 1 aromatic rings. The molecule has 4 heteroatoms. The van der Waals surface area contributed by atoms with Crippen LogP contribution >= 0.6 is 0 Å². The van der Waals surface area contributed by atoms with Crippen LogP contribution in [0.1, 0.15) is 24.4 Å². The lowest BCUT2D eigenvalue weighted by Crippen LogP contribution is -2.30. The molecule has 0 amide bonds. The molecule has 0 aromatic heterocycles. The second-order valence-corrected chi connectivity index (χ2v) is 4.55. The lowest BCUT2D eigenvalue weighted by molar-refractivity contribution is 0.483. The number of hydrogen-bond acceptors (Lipinski definition) is 2. The topological polar surface area (TPSA) is 24.1 Å². The van der Waals surface area contributed by atoms with Gasteiger partial charge in [-0.25, -0.2) is 8.78 Å². The van der Waals surface area contributed by atoms with E-state index >= 15 is 0 Å². The van der Waals surface area contributed by atoms with E-state index in [1.54, 1.807) is 0 Å². The maximum Gasteiger partial charge on any atom is 0.130 e. The standard InChI is InChI=1S/C12H14F2N2/c13-7-2-1-3-8(14)12(7)11-6-10-9(16-11)4-5-15-10/h1-3,9-11,15-16H,4-6H2. The summed E-state index contributed by atoms with van der Waals surface area (Å²) in [6.45, 7) is 0.995. The van der Waals surface area contributed by atoms with Crippen LogP contribution in [-0.2, 0) is 0 Å². The van der Waals surface area contributed by atoms with Crippen LogP contribution in [0, 0.1) is 11.6 Å². The first-order valence-corrected chi connectivity index (χ1v) is 5.69. The van der Waals surface area contributed by atoms with Crippen molar-refractivity contribution in [2.75, 3.05) is 6.54 Å². The Morgan fingerprint density at radius 2 is 1.88 bits per heavy atom. The summed E-state index contributed by atoms with van der Waals surface area (Å²) in [5, 5.41) is 6.66. The SMILES string of the molecule is Fc1cccc(F)c1C1CC2NCCC2N1. The van der Waals surface area contributed by atoms with Crippen molar-refractivity contribution >= 4 is 0 Å². The minimum atomic E-state index is -0.447. The number of hydrogen-bond donors (Lipinski definition) is 2. The first kappa shape index (κ1) is 10.2. The molecular formula is C12H14F2N2. The molecule has 86 valence electrons. The molecule has 0 saturated carbocycles. The van der Waals surface area contributed by atoms with Crippen molar-refractivity contribution in [1.82, 2.24) is 10.6 Å². The molecule has 0 spiro atoms. The van der Waals surface area contributed by atoms with Crippen LogP contribution in [0.2, 0.25) is 0 Å². The predicted molar refractivity (Wildman–Crippen MR) is 57.0 cm³/mol. The zero-order valence-corrected chi connectivity index (χ0v) is 8.84. The van der Waals surface area contributed by atoms with Gasteiger partial charge in [-0.2, -0.15) is 0 Å². The molecule has 0 radical (unpaired) electrons. The third-order valence-corrected chi connectivity index (χ3v) is 3.60. The van der Waals surface area contributed by atoms with Crippen molar-refractivity contribution in [3.8, 4) is 0 Å². The number of benzene rings is 1. The highest BCUT2D eigenvalue weighted by Gasteiger charge is 2.38. The van der Waals surface area contributed by atoms with E-state index in [0.29, 0.717) is 12.1 Å². The van der Waals surface area contributed by atoms with E-state index in [1.165, 1.54) is 18.2 Å². The number of halogens is 2. The molecule has 2 nitrogen and oxygen atoms in total. The summed E-state index contributed by atoms with van der Waals surface area (Å²) in [6.07, 6.45) is 1.81. The Morgan fingerprint density at radius 1 is 1.12 bits per heavy atom. The molecule has 2 aliphatic rings. The molecule has 1 aromatic carbocycles. The fraction of sp³-hybridized carbons (Fsp3) is 0.500. The van der Waals surface area contributed by atoms with Crippen LogP contribution in [0.5, 0.6) is 0 Å². The highest BCUT2D eigenvalue weighted by molar-refractivity contribution is 5.25. The number of nitrogens with one attached hydrogen (secondary N) is 2. The van der Waals surface area contributed by atoms with Gasteiger partial charge in [-0.15, -0.1) is 0 Å². The average molecular weight is 224 g/mol. The van der Waals surface area contributed by atoms with Gasteiger partial charge >= 0.3 is 0 Å². The molecule has 0 aliphatic carbocycles. The first-order chi connectivity index (χ1) is 7.75. The normalized spacial score (nSPS) is 33.0. The maximum atomic E-state index is 13.6. The molecule has 3 rings (SSSR count). The van der Waals surface area contributed by atoms with Gasteiger partial charge in [0.05, 0.1) is 0 Å². The van der Waals surface area contributed by atoms with Crippen LogP contribution in [-0.4, -0.2) is 18.6 Å². The molecular weight excluding hydrogens is 210 g/mol. The summed E-state index contributed by atoms with van der Waals surface area (Å²) >= 11 is 0. The Hall–Kier alpha value is -1.00. The smallest absolute Gasteiger partial charge is 0.130 e. The summed E-state index contributed by atoms with van der Waals surface area (Å²) in [4.78, 5) is 0. The summed E-state index contributed by atoms with van der Waals surface area (Å²) in [6, 6.07) is 4.59. The molecule has 3 atom stereocenters. The monoisotopic (exact) mass is 224 g/mol. The second-order valence-electron chi connectivity index (χ2n) is 4.55. The predicted octanol–water partition coefficient (Wildman–Crippen LogP) is 1.73. The zero-order chi connectivity index (χ0) is 11.1. The maximum absolute atomic E-state index is 13.6. The summed E-state index contributed by atoms with van der Waals surface area (Å²) in [5.41, 5.74) is 0.193. The highest BCUT2D eigenvalue weighted by atomic mass is 19.1. The molecule has 2 fully saturated rings. The van der Waals surface area contributed by atoms with E-state index in [2.05, 4.69) is 10.6 Å². The number of fused-ring (bicyclic) bond motifs is 1. The van der Waals surface area contributed by atoms with E-state index in [9.17, 15) is 8.78 Å². The van der Waals surface area contributed by atoms with Crippen molar-refractivity contribution in [2.24, 2.45) is 0 Å². The lowest BCUT2D eigenvalue weighted by Gasteiger charge is -2.14. The van der Waals surface area contributed by atoms with Gasteiger partial charge < -0.3 is 10.6 Å². The Morgan fingerprint density at radius 3 is 2.56 bits per heavy atom. The van der Waals surface area contributed by atoms with E-state index < -0.39 is 11.6 Å². The van der Waals surface area contributed by atoms with E-state index in [1.807, 2.05) is 0 Å². The van der Waals surface area contributed by atoms with Crippen LogP contribution in [0.3, 0.4) is 0 Å². The average Bonchev–Trinajstić information content (AvgIpc) is 2.77. The quantitative estimate of drug-likeness (QED) is 0.759. The van der Waals surface area contributed by atoms with E-state index in [0.717, 1.165) is 19.4 Å². The first-order valence-electron chi connectivity index (χ1n) is 5.69. The van der Waals surface area contributed by atoms with Crippen LogP contribution in [0.25, 0.3) is 0 Å². The summed E-state index contributed by atoms with van der Waals surface area (Å²) in [7, 11) is 0. The van der Waals surface area contributed by atoms with Crippen LogP contribution in [0.15, 0.2) is 18.2 Å². The largest absolute Gasteiger partial charge is 0.312 e. The van der Waals surface area contributed by atoms with Crippen molar-refractivity contribution in [3.63, 3.8) is 0 Å². The molecule has 2 N–H and O–H groups in total. The fourth-order valence-electron chi connectivity index (χ4n) is 2.84. The zero-order valence-electron chi connectivity index (χ0n) is 8.84. The second kappa shape index (κ2) is 3.79. The summed E-state index contributed by atoms with van der Waals surface area (Å²) in [5.74, 6) is -0.894. The molecule has 2 heterocycles. The van der Waals surface area contributed by atoms with Gasteiger partial charge in [0.15, 0.2) is 0 Å². The van der Waals surface area contributed by atoms with E-state index in [4.69, 9.17) is 0 Å². The molecule has 2 aliphatic heterocycles. The van der Waals surface area contributed by atoms with Crippen molar-refractivity contribution in [3.05, 3.63) is 35.4 Å². The van der Waals surface area contributed by atoms with Gasteiger partial charge in [0, 0.05) is 23.7 Å². The minimum Gasteiger partial charge on any atom is -0.312 e. The van der Waals surface area contributed by atoms with Crippen molar-refractivity contribution in [2.45, 2.75) is 31.0 Å². The molecule has 0 bridgehead atoms. The van der Waals surface area contributed by atoms with Gasteiger partial charge in [-0.05, 0) is 31.5 Å². The Kier molecular flexibility index (Phi) is 2.41.